The van der Waals surface area contributed by atoms with Gasteiger partial charge in [-0.3, -0.25) is 19.4 Å². The molecule has 0 saturated heterocycles. The topological polar surface area (TPSA) is 98.4 Å². The van der Waals surface area contributed by atoms with E-state index >= 15 is 0 Å². The fourth-order valence-corrected chi connectivity index (χ4v) is 3.29. The van der Waals surface area contributed by atoms with Crippen molar-refractivity contribution < 1.29 is 14.6 Å². The zero-order valence-corrected chi connectivity index (χ0v) is 17.4. The van der Waals surface area contributed by atoms with E-state index < -0.39 is 11.7 Å². The quantitative estimate of drug-likeness (QED) is 0.519. The third-order valence-electron chi connectivity index (χ3n) is 4.50. The van der Waals surface area contributed by atoms with Gasteiger partial charge in [0.05, 0.1) is 28.6 Å². The van der Waals surface area contributed by atoms with Crippen LogP contribution in [0.25, 0.3) is 22.4 Å². The number of aromatic hydroxyl groups is 1. The Bertz CT molecular complexity index is 1310. The second kappa shape index (κ2) is 7.64. The molecule has 8 heteroatoms. The molecule has 0 bridgehead atoms. The number of pyridine rings is 1. The van der Waals surface area contributed by atoms with E-state index in [1.807, 2.05) is 0 Å². The zero-order chi connectivity index (χ0) is 22.2. The summed E-state index contributed by atoms with van der Waals surface area (Å²) in [5.41, 5.74) is 2.02. The van der Waals surface area contributed by atoms with Crippen molar-refractivity contribution in [3.05, 3.63) is 77.5 Å². The molecule has 2 aromatic heterocycles. The lowest BCUT2D eigenvalue weighted by atomic mass is 10.2. The largest absolute Gasteiger partial charge is 0.508 e. The van der Waals surface area contributed by atoms with Gasteiger partial charge < -0.3 is 9.84 Å². The molecule has 2 heterocycles. The third-order valence-corrected chi connectivity index (χ3v) is 4.50. The number of nitrogens with zero attached hydrogens (tertiary/aromatic N) is 3. The molecule has 0 aliphatic carbocycles. The number of hydrogen-bond acceptors (Lipinski definition) is 5. The third kappa shape index (κ3) is 4.13. The minimum absolute atomic E-state index is 0.111. The van der Waals surface area contributed by atoms with Crippen molar-refractivity contribution in [3.63, 3.8) is 0 Å². The highest BCUT2D eigenvalue weighted by Crippen LogP contribution is 2.23. The number of amides is 1. The molecule has 1 amide bonds. The fourth-order valence-electron chi connectivity index (χ4n) is 3.29. The molecule has 4 rings (SSSR count). The molecule has 158 valence electrons. The van der Waals surface area contributed by atoms with Gasteiger partial charge in [-0.25, -0.2) is 9.59 Å². The first-order chi connectivity index (χ1) is 14.7. The van der Waals surface area contributed by atoms with Gasteiger partial charge in [0.2, 0.25) is 0 Å². The average Bonchev–Trinajstić information content (AvgIpc) is 2.99. The molecule has 4 aromatic rings. The molecule has 0 radical (unpaired) electrons. The minimum Gasteiger partial charge on any atom is -0.508 e. The molecular weight excluding hydrogens is 396 g/mol. The van der Waals surface area contributed by atoms with Crippen molar-refractivity contribution >= 4 is 22.8 Å². The molecule has 0 atom stereocenters. The summed E-state index contributed by atoms with van der Waals surface area (Å²) in [5.74, 6) is 0.111. The smallest absolute Gasteiger partial charge is 0.412 e. The Hall–Kier alpha value is -4.07. The van der Waals surface area contributed by atoms with Gasteiger partial charge in [0.15, 0.2) is 0 Å². The van der Waals surface area contributed by atoms with Crippen LogP contribution in [-0.4, -0.2) is 30.9 Å². The van der Waals surface area contributed by atoms with Gasteiger partial charge >= 0.3 is 11.8 Å². The van der Waals surface area contributed by atoms with E-state index in [1.54, 1.807) is 80.2 Å². The van der Waals surface area contributed by atoms with Gasteiger partial charge in [-0.2, -0.15) is 0 Å². The van der Waals surface area contributed by atoms with Gasteiger partial charge in [-0.1, -0.05) is 6.07 Å². The van der Waals surface area contributed by atoms with Crippen LogP contribution in [0.4, 0.5) is 10.5 Å². The molecule has 0 spiro atoms. The SMILES string of the molecule is CC(C)(C)OC(=O)Nc1cccc(-n2c(=O)n(-c3ccc(O)cc3)c3cnccc32)c1. The second-order valence-corrected chi connectivity index (χ2v) is 8.01. The van der Waals surface area contributed by atoms with Crippen molar-refractivity contribution in [3.8, 4) is 17.1 Å². The van der Waals surface area contributed by atoms with E-state index in [4.69, 9.17) is 4.74 Å². The van der Waals surface area contributed by atoms with E-state index in [2.05, 4.69) is 10.3 Å². The maximum atomic E-state index is 13.4. The van der Waals surface area contributed by atoms with E-state index in [-0.39, 0.29) is 11.4 Å². The lowest BCUT2D eigenvalue weighted by Crippen LogP contribution is -2.27. The van der Waals surface area contributed by atoms with E-state index in [0.29, 0.717) is 28.1 Å². The Balaban J connectivity index is 1.81. The van der Waals surface area contributed by atoms with Crippen LogP contribution in [0, 0.1) is 0 Å². The number of aromatic nitrogens is 3. The summed E-state index contributed by atoms with van der Waals surface area (Å²) in [7, 11) is 0. The molecule has 31 heavy (non-hydrogen) atoms. The van der Waals surface area contributed by atoms with Crippen molar-refractivity contribution in [2.24, 2.45) is 0 Å². The number of carbonyl (C=O) groups excluding carboxylic acids is 1. The summed E-state index contributed by atoms with van der Waals surface area (Å²) in [5, 5.41) is 12.3. The number of rotatable bonds is 3. The van der Waals surface area contributed by atoms with Gasteiger partial charge in [0, 0.05) is 11.9 Å². The van der Waals surface area contributed by atoms with E-state index in [0.717, 1.165) is 0 Å². The summed E-state index contributed by atoms with van der Waals surface area (Å²) in [6.45, 7) is 5.36. The summed E-state index contributed by atoms with van der Waals surface area (Å²) in [6.07, 6.45) is 2.65. The van der Waals surface area contributed by atoms with Crippen LogP contribution in [0.15, 0.2) is 71.8 Å². The van der Waals surface area contributed by atoms with Crippen LogP contribution < -0.4 is 11.0 Å². The molecule has 0 unspecified atom stereocenters. The van der Waals surface area contributed by atoms with Gasteiger partial charge in [-0.05, 0) is 69.3 Å². The number of hydrogen-bond donors (Lipinski definition) is 2. The van der Waals surface area contributed by atoms with Gasteiger partial charge in [-0.15, -0.1) is 0 Å². The summed E-state index contributed by atoms with van der Waals surface area (Å²) in [6, 6.07) is 15.1. The zero-order valence-electron chi connectivity index (χ0n) is 17.4. The standard InChI is InChI=1S/C23H22N4O4/c1-23(2,3)31-21(29)25-15-5-4-6-17(13-15)27-19-11-12-24-14-20(19)26(22(27)30)16-7-9-18(28)10-8-16/h4-14,28H,1-3H3,(H,25,29). The first-order valence-electron chi connectivity index (χ1n) is 9.70. The fraction of sp³-hybridized carbons (Fsp3) is 0.174. The van der Waals surface area contributed by atoms with Crippen molar-refractivity contribution in [2.75, 3.05) is 5.32 Å². The normalized spacial score (nSPS) is 11.5. The second-order valence-electron chi connectivity index (χ2n) is 8.01. The predicted molar refractivity (Wildman–Crippen MR) is 118 cm³/mol. The maximum Gasteiger partial charge on any atom is 0.412 e. The molecule has 0 aliphatic rings. The molecule has 2 aromatic carbocycles. The lowest BCUT2D eigenvalue weighted by Gasteiger charge is -2.19. The number of benzene rings is 2. The number of anilines is 1. The average molecular weight is 418 g/mol. The van der Waals surface area contributed by atoms with Crippen LogP contribution in [0.5, 0.6) is 5.75 Å². The Morgan fingerprint density at radius 3 is 2.42 bits per heavy atom. The van der Waals surface area contributed by atoms with Crippen molar-refractivity contribution in [1.29, 1.82) is 0 Å². The minimum atomic E-state index is -0.622. The maximum absolute atomic E-state index is 13.4. The molecule has 2 N–H and O–H groups in total. The Kier molecular flexibility index (Phi) is 4.98. The highest BCUT2D eigenvalue weighted by atomic mass is 16.6. The first kappa shape index (κ1) is 20.2. The monoisotopic (exact) mass is 418 g/mol. The molecule has 0 saturated carbocycles. The van der Waals surface area contributed by atoms with Crippen molar-refractivity contribution in [1.82, 2.24) is 14.1 Å². The van der Waals surface area contributed by atoms with Crippen LogP contribution in [-0.2, 0) is 4.74 Å². The van der Waals surface area contributed by atoms with Crippen molar-refractivity contribution in [2.45, 2.75) is 26.4 Å². The highest BCUT2D eigenvalue weighted by Gasteiger charge is 2.18. The molecule has 0 aliphatic heterocycles. The van der Waals surface area contributed by atoms with Crippen LogP contribution in [0.3, 0.4) is 0 Å². The Labute approximate surface area is 178 Å². The number of phenolic OH excluding ortho intramolecular Hbond substituents is 1. The number of imidazole rings is 1. The number of fused-ring (bicyclic) bond motifs is 1. The number of phenols is 1. The summed E-state index contributed by atoms with van der Waals surface area (Å²) < 4.78 is 8.37. The number of nitrogens with one attached hydrogen (secondary N) is 1. The van der Waals surface area contributed by atoms with Crippen LogP contribution >= 0.6 is 0 Å². The van der Waals surface area contributed by atoms with Crippen LogP contribution in [0.2, 0.25) is 0 Å². The van der Waals surface area contributed by atoms with Crippen LogP contribution in [0.1, 0.15) is 20.8 Å². The predicted octanol–water partition coefficient (Wildman–Crippen LogP) is 4.23. The van der Waals surface area contributed by atoms with E-state index in [9.17, 15) is 14.7 Å². The molecule has 0 fully saturated rings. The van der Waals surface area contributed by atoms with E-state index in [1.165, 1.54) is 16.7 Å². The summed E-state index contributed by atoms with van der Waals surface area (Å²) >= 11 is 0. The van der Waals surface area contributed by atoms with Gasteiger partial charge in [0.1, 0.15) is 11.4 Å². The number of carbonyl (C=O) groups is 1. The number of ether oxygens (including phenoxy) is 1. The molecule has 8 nitrogen and oxygen atoms in total. The van der Waals surface area contributed by atoms with Gasteiger partial charge in [0.25, 0.3) is 0 Å². The summed E-state index contributed by atoms with van der Waals surface area (Å²) in [4.78, 5) is 29.7. The Morgan fingerprint density at radius 2 is 1.71 bits per heavy atom. The first-order valence-corrected chi connectivity index (χ1v) is 9.70. The Morgan fingerprint density at radius 1 is 1.00 bits per heavy atom. The molecular formula is C23H22N4O4. The highest BCUT2D eigenvalue weighted by molar-refractivity contribution is 5.86. The lowest BCUT2D eigenvalue weighted by molar-refractivity contribution is 0.0636.